The number of benzene rings is 2. The van der Waals surface area contributed by atoms with Crippen LogP contribution in [0, 0.1) is 0 Å². The number of carbonyl (C=O) groups excluding carboxylic acids is 3. The smallest absolute Gasteiger partial charge is 0.430 e. The Morgan fingerprint density at radius 1 is 0.958 bits per heavy atom. The quantitative estimate of drug-likeness (QED) is 0.302. The van der Waals surface area contributed by atoms with E-state index in [4.69, 9.17) is 10.5 Å². The average molecular weight is 689 g/mol. The number of urea groups is 1. The van der Waals surface area contributed by atoms with Crippen LogP contribution in [0.15, 0.2) is 42.5 Å². The Bertz CT molecular complexity index is 1450. The lowest BCUT2D eigenvalue weighted by atomic mass is 9.89. The van der Waals surface area contributed by atoms with Gasteiger partial charge >= 0.3 is 18.4 Å². The third kappa shape index (κ3) is 7.99. The van der Waals surface area contributed by atoms with Gasteiger partial charge in [-0.3, -0.25) is 14.5 Å². The van der Waals surface area contributed by atoms with Gasteiger partial charge in [-0.1, -0.05) is 37.6 Å². The van der Waals surface area contributed by atoms with Crippen molar-refractivity contribution in [2.45, 2.75) is 96.4 Å². The highest BCUT2D eigenvalue weighted by atomic mass is 19.4. The molecule has 1 saturated heterocycles. The predicted octanol–water partition coefficient (Wildman–Crippen LogP) is 5.88. The molecular formula is C33H42F6N4O5. The third-order valence-electron chi connectivity index (χ3n) is 8.40. The van der Waals surface area contributed by atoms with Crippen molar-refractivity contribution in [2.24, 2.45) is 5.73 Å². The number of rotatable bonds is 10. The van der Waals surface area contributed by atoms with Crippen molar-refractivity contribution in [2.75, 3.05) is 24.5 Å². The van der Waals surface area contributed by atoms with Crippen LogP contribution >= 0.6 is 0 Å². The number of nitrogens with zero attached hydrogens (tertiary/aromatic N) is 3. The zero-order valence-corrected chi connectivity index (χ0v) is 27.7. The van der Waals surface area contributed by atoms with Crippen molar-refractivity contribution in [1.82, 2.24) is 9.80 Å². The molecular weight excluding hydrogens is 646 g/mol. The summed E-state index contributed by atoms with van der Waals surface area (Å²) in [6.45, 7) is 10.0. The molecule has 0 radical (unpaired) electrons. The molecule has 0 saturated carbocycles. The highest BCUT2D eigenvalue weighted by Gasteiger charge is 2.71. The summed E-state index contributed by atoms with van der Waals surface area (Å²) >= 11 is 0. The molecule has 3 N–H and O–H groups in total. The maximum Gasteiger partial charge on any atom is 0.430 e. The van der Waals surface area contributed by atoms with Gasteiger partial charge in [0, 0.05) is 36.4 Å². The number of aliphatic hydroxyl groups is 1. The van der Waals surface area contributed by atoms with E-state index >= 15 is 0 Å². The minimum absolute atomic E-state index is 0.0553. The second-order valence-electron chi connectivity index (χ2n) is 12.4. The fourth-order valence-electron chi connectivity index (χ4n) is 5.83. The van der Waals surface area contributed by atoms with Gasteiger partial charge in [-0.2, -0.15) is 26.3 Å². The maximum atomic E-state index is 13.6. The summed E-state index contributed by atoms with van der Waals surface area (Å²) in [5.74, 6) is -1.48. The second-order valence-corrected chi connectivity index (χ2v) is 12.4. The van der Waals surface area contributed by atoms with Gasteiger partial charge in [0.1, 0.15) is 12.3 Å². The number of hydrogen-bond acceptors (Lipinski definition) is 6. The van der Waals surface area contributed by atoms with E-state index in [1.54, 1.807) is 56.9 Å². The molecule has 0 aliphatic carbocycles. The van der Waals surface area contributed by atoms with Crippen LogP contribution in [0.5, 0.6) is 5.75 Å². The summed E-state index contributed by atoms with van der Waals surface area (Å²) in [6, 6.07) is 7.08. The van der Waals surface area contributed by atoms with Gasteiger partial charge in [0.05, 0.1) is 12.0 Å². The van der Waals surface area contributed by atoms with Gasteiger partial charge in [0.15, 0.2) is 0 Å². The molecule has 48 heavy (non-hydrogen) atoms. The van der Waals surface area contributed by atoms with Crippen LogP contribution < -0.4 is 15.4 Å². The lowest BCUT2D eigenvalue weighted by Crippen LogP contribution is -2.60. The average Bonchev–Trinajstić information content (AvgIpc) is 2.98. The van der Waals surface area contributed by atoms with E-state index in [1.807, 2.05) is 13.8 Å². The minimum Gasteiger partial charge on any atom is -0.491 e. The zero-order valence-electron chi connectivity index (χ0n) is 27.7. The zero-order chi connectivity index (χ0) is 36.4. The number of anilines is 1. The summed E-state index contributed by atoms with van der Waals surface area (Å²) in [4.78, 5) is 43.1. The monoisotopic (exact) mass is 688 g/mol. The topological polar surface area (TPSA) is 116 Å². The summed E-state index contributed by atoms with van der Waals surface area (Å²) in [5.41, 5.74) is 0.234. The fraction of sp³-hybridized carbons (Fsp3) is 0.545. The number of halogens is 6. The van der Waals surface area contributed by atoms with Crippen LogP contribution in [0.1, 0.15) is 70.6 Å². The van der Waals surface area contributed by atoms with E-state index in [0.717, 1.165) is 12.1 Å². The van der Waals surface area contributed by atoms with Gasteiger partial charge < -0.3 is 25.4 Å². The predicted molar refractivity (Wildman–Crippen MR) is 166 cm³/mol. The van der Waals surface area contributed by atoms with Gasteiger partial charge in [0.2, 0.25) is 11.8 Å². The first-order chi connectivity index (χ1) is 22.1. The number of ether oxygens (including phenoxy) is 1. The molecule has 3 atom stereocenters. The van der Waals surface area contributed by atoms with Crippen LogP contribution in [0.25, 0.3) is 0 Å². The number of aryl methyl sites for hydroxylation is 1. The summed E-state index contributed by atoms with van der Waals surface area (Å²) in [6.07, 6.45) is -11.6. The molecule has 9 nitrogen and oxygen atoms in total. The van der Waals surface area contributed by atoms with Crippen molar-refractivity contribution in [3.8, 4) is 5.75 Å². The molecule has 0 spiro atoms. The molecule has 1 heterocycles. The van der Waals surface area contributed by atoms with E-state index in [1.165, 1.54) is 4.90 Å². The molecule has 0 bridgehead atoms. The Balaban J connectivity index is 1.81. The third-order valence-corrected chi connectivity index (χ3v) is 8.40. The molecule has 2 aromatic rings. The minimum atomic E-state index is -6.02. The van der Waals surface area contributed by atoms with Crippen LogP contribution in [-0.4, -0.2) is 82.9 Å². The number of nitrogens with two attached hydrogens (primary N) is 1. The Labute approximate surface area is 275 Å². The molecule has 2 aromatic carbocycles. The molecule has 0 unspecified atom stereocenters. The van der Waals surface area contributed by atoms with Crippen LogP contribution in [0.3, 0.4) is 0 Å². The molecule has 4 amide bonds. The highest BCUT2D eigenvalue weighted by molar-refractivity contribution is 6.00. The number of imide groups is 1. The molecule has 3 rings (SSSR count). The van der Waals surface area contributed by atoms with E-state index in [2.05, 4.69) is 0 Å². The number of primary amides is 1. The number of hydrogen-bond donors (Lipinski definition) is 2. The Morgan fingerprint density at radius 2 is 1.54 bits per heavy atom. The maximum absolute atomic E-state index is 13.6. The SMILES string of the molecule is CCCc1cc(C(O)(C(F)(F)F)C(F)(F)F)ccc1N1C[C@H](C)N(C(=O)CN(C(N)=O)C(=O)[C@@H](C)c2ccc(OC(C)C)cc2)C[C@H]1C. The van der Waals surface area contributed by atoms with E-state index in [0.29, 0.717) is 34.4 Å². The van der Waals surface area contributed by atoms with Gasteiger partial charge in [0.25, 0.3) is 5.60 Å². The van der Waals surface area contributed by atoms with Crippen LogP contribution in [0.2, 0.25) is 0 Å². The first-order valence-corrected chi connectivity index (χ1v) is 15.6. The first kappa shape index (κ1) is 38.4. The molecule has 15 heteroatoms. The Morgan fingerprint density at radius 3 is 2.04 bits per heavy atom. The summed E-state index contributed by atoms with van der Waals surface area (Å²) in [5, 5.41) is 9.95. The van der Waals surface area contributed by atoms with Crippen molar-refractivity contribution < 1.29 is 50.6 Å². The normalized spacial score (nSPS) is 18.1. The van der Waals surface area contributed by atoms with E-state index in [-0.39, 0.29) is 31.2 Å². The van der Waals surface area contributed by atoms with Gasteiger partial charge in [-0.15, -0.1) is 0 Å². The molecule has 266 valence electrons. The van der Waals surface area contributed by atoms with E-state index in [9.17, 15) is 45.8 Å². The fourth-order valence-corrected chi connectivity index (χ4v) is 5.83. The van der Waals surface area contributed by atoms with Crippen molar-refractivity contribution in [1.29, 1.82) is 0 Å². The second kappa shape index (κ2) is 14.6. The van der Waals surface area contributed by atoms with Crippen LogP contribution in [0.4, 0.5) is 36.8 Å². The molecule has 1 aliphatic heterocycles. The standard InChI is InChI=1S/C33H42F6N4O5/c1-7-8-24-15-25(31(47,32(34,35)36)33(37,38)39)11-14-27(24)41-16-21(5)42(17-20(41)4)28(44)18-43(30(40)46)29(45)22(6)23-9-12-26(13-10-23)48-19(2)3/h9-15,19-22,47H,7-8,16-18H2,1-6H3,(H2,40,46)/t20-,21+,22+/m1/s1. The summed E-state index contributed by atoms with van der Waals surface area (Å²) < 4.78 is 87.1. The lowest BCUT2D eigenvalue weighted by molar-refractivity contribution is -0.376. The van der Waals surface area contributed by atoms with E-state index < -0.39 is 65.9 Å². The Hall–Kier alpha value is -4.01. The number of piperazine rings is 1. The van der Waals surface area contributed by atoms with Crippen LogP contribution in [-0.2, 0) is 21.6 Å². The van der Waals surface area contributed by atoms with Crippen molar-refractivity contribution in [3.63, 3.8) is 0 Å². The highest BCUT2D eigenvalue weighted by Crippen LogP contribution is 2.50. The first-order valence-electron chi connectivity index (χ1n) is 15.6. The van der Waals surface area contributed by atoms with Crippen molar-refractivity contribution in [3.05, 3.63) is 59.2 Å². The molecule has 1 fully saturated rings. The largest absolute Gasteiger partial charge is 0.491 e. The summed E-state index contributed by atoms with van der Waals surface area (Å²) in [7, 11) is 0. The Kier molecular flexibility index (Phi) is 11.7. The molecule has 1 aliphatic rings. The number of alkyl halides is 6. The van der Waals surface area contributed by atoms with Gasteiger partial charge in [-0.05, 0) is 70.4 Å². The van der Waals surface area contributed by atoms with Crippen molar-refractivity contribution >= 4 is 23.5 Å². The number of amides is 4. The lowest BCUT2D eigenvalue weighted by Gasteiger charge is -2.46. The van der Waals surface area contributed by atoms with Gasteiger partial charge in [-0.25, -0.2) is 4.79 Å². The number of carbonyl (C=O) groups is 3. The molecule has 0 aromatic heterocycles.